The normalized spacial score (nSPS) is 12.8. The first-order chi connectivity index (χ1) is 16.0. The Morgan fingerprint density at radius 2 is 1.97 bits per heavy atom. The molecule has 4 rings (SSSR count). The molecule has 3 heterocycles. The zero-order valence-corrected chi connectivity index (χ0v) is 19.2. The van der Waals surface area contributed by atoms with E-state index in [4.69, 9.17) is 22.1 Å². The maximum Gasteiger partial charge on any atom is 0.433 e. The van der Waals surface area contributed by atoms with Gasteiger partial charge >= 0.3 is 6.18 Å². The standard InChI is InChI=1S/C23H20ClF4N5O/c1-4-34-19-14(12(3)22-32-20(24)18-21(29)30-7-8-33(18)22)9-11(2)17(25)16(19)13-5-6-15(31-10-13)23(26,27)28/h5-10,12H,4H2,1-3H3,(H2,29,30)/t12-/m1/s1. The van der Waals surface area contributed by atoms with Crippen LogP contribution in [0.3, 0.4) is 0 Å². The molecular formula is C23H20ClF4N5O. The molecule has 3 aromatic heterocycles. The van der Waals surface area contributed by atoms with E-state index in [1.165, 1.54) is 12.3 Å². The number of imidazole rings is 1. The van der Waals surface area contributed by atoms with E-state index in [0.717, 1.165) is 12.3 Å². The first kappa shape index (κ1) is 23.7. The number of aryl methyl sites for hydroxylation is 1. The molecule has 0 spiro atoms. The van der Waals surface area contributed by atoms with Gasteiger partial charge in [0.25, 0.3) is 0 Å². The molecule has 0 saturated carbocycles. The monoisotopic (exact) mass is 493 g/mol. The van der Waals surface area contributed by atoms with Gasteiger partial charge in [-0.3, -0.25) is 9.38 Å². The maximum atomic E-state index is 15.4. The first-order valence-corrected chi connectivity index (χ1v) is 10.7. The number of anilines is 1. The third-order valence-electron chi connectivity index (χ3n) is 5.48. The van der Waals surface area contributed by atoms with Crippen LogP contribution in [0.4, 0.5) is 23.4 Å². The number of ether oxygens (including phenoxy) is 1. The molecule has 4 aromatic rings. The summed E-state index contributed by atoms with van der Waals surface area (Å²) in [6.07, 6.45) is -0.446. The second kappa shape index (κ2) is 8.75. The number of pyridine rings is 1. The number of fused-ring (bicyclic) bond motifs is 1. The lowest BCUT2D eigenvalue weighted by Gasteiger charge is -2.21. The van der Waals surface area contributed by atoms with Crippen molar-refractivity contribution in [3.05, 3.63) is 70.4 Å². The van der Waals surface area contributed by atoms with E-state index < -0.39 is 23.6 Å². The number of nitrogen functional groups attached to an aromatic ring is 1. The number of aromatic nitrogens is 4. The van der Waals surface area contributed by atoms with Crippen molar-refractivity contribution >= 4 is 22.9 Å². The summed E-state index contributed by atoms with van der Waals surface area (Å²) in [7, 11) is 0. The minimum absolute atomic E-state index is 0.0260. The zero-order valence-electron chi connectivity index (χ0n) is 18.4. The Balaban J connectivity index is 1.93. The highest BCUT2D eigenvalue weighted by Crippen LogP contribution is 2.43. The van der Waals surface area contributed by atoms with Crippen molar-refractivity contribution in [2.75, 3.05) is 12.3 Å². The molecule has 0 amide bonds. The van der Waals surface area contributed by atoms with Crippen molar-refractivity contribution in [3.8, 4) is 16.9 Å². The van der Waals surface area contributed by atoms with Gasteiger partial charge in [-0.2, -0.15) is 13.2 Å². The fourth-order valence-electron chi connectivity index (χ4n) is 3.88. The lowest BCUT2D eigenvalue weighted by molar-refractivity contribution is -0.141. The summed E-state index contributed by atoms with van der Waals surface area (Å²) in [4.78, 5) is 12.0. The molecule has 0 radical (unpaired) electrons. The molecule has 1 atom stereocenters. The Morgan fingerprint density at radius 1 is 1.24 bits per heavy atom. The van der Waals surface area contributed by atoms with E-state index >= 15 is 4.39 Å². The molecule has 6 nitrogen and oxygen atoms in total. The summed E-state index contributed by atoms with van der Waals surface area (Å²) >= 11 is 6.31. The Morgan fingerprint density at radius 3 is 2.59 bits per heavy atom. The number of alkyl halides is 3. The van der Waals surface area contributed by atoms with Crippen LogP contribution in [0.5, 0.6) is 5.75 Å². The van der Waals surface area contributed by atoms with Gasteiger partial charge in [0, 0.05) is 35.6 Å². The molecule has 0 aliphatic heterocycles. The predicted octanol–water partition coefficient (Wildman–Crippen LogP) is 6.04. The second-order valence-corrected chi connectivity index (χ2v) is 8.04. The van der Waals surface area contributed by atoms with E-state index in [1.807, 2.05) is 6.92 Å². The SMILES string of the molecule is CCOc1c([C@@H](C)c2nc(Cl)c3c(N)nccn23)cc(C)c(F)c1-c1ccc(C(F)(F)F)nc1. The van der Waals surface area contributed by atoms with Crippen LogP contribution in [0.25, 0.3) is 16.6 Å². The Hall–Kier alpha value is -3.40. The van der Waals surface area contributed by atoms with Crippen LogP contribution < -0.4 is 10.5 Å². The van der Waals surface area contributed by atoms with Crippen LogP contribution in [0.2, 0.25) is 5.15 Å². The molecule has 2 N–H and O–H groups in total. The lowest BCUT2D eigenvalue weighted by atomic mass is 9.91. The van der Waals surface area contributed by atoms with Crippen LogP contribution in [0, 0.1) is 12.7 Å². The summed E-state index contributed by atoms with van der Waals surface area (Å²) in [5.74, 6) is -0.161. The molecule has 34 heavy (non-hydrogen) atoms. The number of hydrogen-bond donors (Lipinski definition) is 1. The smallest absolute Gasteiger partial charge is 0.433 e. The summed E-state index contributed by atoms with van der Waals surface area (Å²) in [6.45, 7) is 5.34. The number of nitrogens with zero attached hydrogens (tertiary/aromatic N) is 4. The number of rotatable bonds is 5. The maximum absolute atomic E-state index is 15.4. The molecule has 0 aliphatic rings. The van der Waals surface area contributed by atoms with E-state index in [-0.39, 0.29) is 40.0 Å². The summed E-state index contributed by atoms with van der Waals surface area (Å²) < 4.78 is 61.9. The molecular weight excluding hydrogens is 474 g/mol. The molecule has 178 valence electrons. The molecule has 0 aliphatic carbocycles. The fourth-order valence-corrected chi connectivity index (χ4v) is 4.15. The number of halogens is 5. The molecule has 0 unspecified atom stereocenters. The van der Waals surface area contributed by atoms with Crippen LogP contribution in [-0.2, 0) is 6.18 Å². The van der Waals surface area contributed by atoms with Gasteiger partial charge < -0.3 is 10.5 Å². The van der Waals surface area contributed by atoms with Gasteiger partial charge in [-0.25, -0.2) is 14.4 Å². The van der Waals surface area contributed by atoms with Gasteiger partial charge in [-0.15, -0.1) is 0 Å². The fraction of sp³-hybridized carbons (Fsp3) is 0.261. The minimum atomic E-state index is -4.61. The summed E-state index contributed by atoms with van der Waals surface area (Å²) in [5, 5.41) is 0.163. The second-order valence-electron chi connectivity index (χ2n) is 7.68. The van der Waals surface area contributed by atoms with Gasteiger partial charge in [0.1, 0.15) is 28.6 Å². The Labute approximate surface area is 197 Å². The third kappa shape index (κ3) is 4.02. The van der Waals surface area contributed by atoms with Crippen molar-refractivity contribution < 1.29 is 22.3 Å². The average Bonchev–Trinajstić information content (AvgIpc) is 3.13. The third-order valence-corrected chi connectivity index (χ3v) is 5.74. The van der Waals surface area contributed by atoms with E-state index in [1.54, 1.807) is 30.5 Å². The van der Waals surface area contributed by atoms with Gasteiger partial charge in [-0.05, 0) is 31.5 Å². The van der Waals surface area contributed by atoms with Crippen molar-refractivity contribution in [1.82, 2.24) is 19.4 Å². The quantitative estimate of drug-likeness (QED) is 0.343. The van der Waals surface area contributed by atoms with Crippen molar-refractivity contribution in [1.29, 1.82) is 0 Å². The summed E-state index contributed by atoms with van der Waals surface area (Å²) in [5.41, 5.74) is 6.37. The average molecular weight is 494 g/mol. The molecule has 0 saturated heterocycles. The van der Waals surface area contributed by atoms with Gasteiger partial charge in [0.2, 0.25) is 0 Å². The van der Waals surface area contributed by atoms with Gasteiger partial charge in [0.05, 0.1) is 12.2 Å². The van der Waals surface area contributed by atoms with E-state index in [2.05, 4.69) is 15.0 Å². The molecule has 1 aromatic carbocycles. The van der Waals surface area contributed by atoms with Crippen molar-refractivity contribution in [2.24, 2.45) is 0 Å². The largest absolute Gasteiger partial charge is 0.493 e. The highest BCUT2D eigenvalue weighted by Gasteiger charge is 2.33. The van der Waals surface area contributed by atoms with Crippen LogP contribution in [-0.4, -0.2) is 26.0 Å². The number of hydrogen-bond acceptors (Lipinski definition) is 5. The lowest BCUT2D eigenvalue weighted by Crippen LogP contribution is -2.10. The van der Waals surface area contributed by atoms with E-state index in [9.17, 15) is 13.2 Å². The zero-order chi connectivity index (χ0) is 24.8. The van der Waals surface area contributed by atoms with Crippen molar-refractivity contribution in [2.45, 2.75) is 32.9 Å². The highest BCUT2D eigenvalue weighted by molar-refractivity contribution is 6.33. The topological polar surface area (TPSA) is 78.3 Å². The predicted molar refractivity (Wildman–Crippen MR) is 120 cm³/mol. The molecule has 0 bridgehead atoms. The Bertz CT molecular complexity index is 1370. The Kier molecular flexibility index (Phi) is 6.11. The summed E-state index contributed by atoms with van der Waals surface area (Å²) in [6, 6.07) is 3.62. The molecule has 0 fully saturated rings. The number of nitrogens with two attached hydrogens (primary N) is 1. The van der Waals surface area contributed by atoms with Gasteiger partial charge in [-0.1, -0.05) is 24.6 Å². The van der Waals surface area contributed by atoms with Crippen molar-refractivity contribution in [3.63, 3.8) is 0 Å². The van der Waals surface area contributed by atoms with Crippen LogP contribution >= 0.6 is 11.6 Å². The number of benzene rings is 1. The van der Waals surface area contributed by atoms with E-state index in [0.29, 0.717) is 16.9 Å². The van der Waals surface area contributed by atoms with Gasteiger partial charge in [0.15, 0.2) is 11.0 Å². The highest BCUT2D eigenvalue weighted by atomic mass is 35.5. The van der Waals surface area contributed by atoms with Crippen LogP contribution in [0.1, 0.15) is 42.4 Å². The van der Waals surface area contributed by atoms with Crippen LogP contribution in [0.15, 0.2) is 36.8 Å². The molecule has 11 heteroatoms. The first-order valence-electron chi connectivity index (χ1n) is 10.3. The minimum Gasteiger partial charge on any atom is -0.493 e.